The normalized spacial score (nSPS) is 14.6. The van der Waals surface area contributed by atoms with Crippen LogP contribution in [0.5, 0.6) is 0 Å². The summed E-state index contributed by atoms with van der Waals surface area (Å²) in [6.07, 6.45) is 2.43. The number of esters is 1. The summed E-state index contributed by atoms with van der Waals surface area (Å²) in [6.45, 7) is 6.78. The summed E-state index contributed by atoms with van der Waals surface area (Å²) in [6, 6.07) is 0. The van der Waals surface area contributed by atoms with E-state index < -0.39 is 0 Å². The maximum absolute atomic E-state index is 12.2. The van der Waals surface area contributed by atoms with Crippen LogP contribution >= 0.6 is 11.3 Å². The van der Waals surface area contributed by atoms with Gasteiger partial charge in [-0.3, -0.25) is 9.89 Å². The zero-order chi connectivity index (χ0) is 17.4. The number of aliphatic hydroxyl groups is 1. The van der Waals surface area contributed by atoms with Gasteiger partial charge in [-0.2, -0.15) is 0 Å². The number of ether oxygens (including phenoxy) is 1. The first-order valence-electron chi connectivity index (χ1n) is 8.13. The molecule has 8 heteroatoms. The number of hydrogen-bond acceptors (Lipinski definition) is 8. The number of aliphatic hydroxyl groups excluding tert-OH is 1. The summed E-state index contributed by atoms with van der Waals surface area (Å²) in [5, 5.41) is 15.0. The topological polar surface area (TPSA) is 87.0 Å². The number of amidine groups is 1. The van der Waals surface area contributed by atoms with Gasteiger partial charge in [0.2, 0.25) is 0 Å². The number of nitrogens with one attached hydrogen (secondary N) is 1. The van der Waals surface area contributed by atoms with E-state index in [1.165, 1.54) is 11.3 Å². The number of hydrogen-bond donors (Lipinski definition) is 2. The van der Waals surface area contributed by atoms with Crippen molar-refractivity contribution in [1.29, 1.82) is 0 Å². The van der Waals surface area contributed by atoms with Crippen molar-refractivity contribution < 1.29 is 14.6 Å². The van der Waals surface area contributed by atoms with Crippen molar-refractivity contribution in [2.24, 2.45) is 4.99 Å². The fourth-order valence-corrected chi connectivity index (χ4v) is 2.98. The largest absolute Gasteiger partial charge is 0.463 e. The van der Waals surface area contributed by atoms with Gasteiger partial charge in [0.15, 0.2) is 10.8 Å². The number of thiazole rings is 1. The highest BCUT2D eigenvalue weighted by molar-refractivity contribution is 7.11. The number of carbonyl (C=O) groups is 1. The standard InChI is InChI=1S/C16H24N4O3S/c1-3-20(7-5-8-21)11-13-12(16(22)23-4-2)10-18-14(19-13)15-17-6-9-24-15/h6,9,21H,3-5,7-8,10-11H2,1-2H3,(H,18,19). The number of carbonyl (C=O) groups excluding carboxylic acids is 1. The molecule has 1 aromatic rings. The second-order valence-corrected chi connectivity index (χ2v) is 6.15. The molecule has 1 aromatic heterocycles. The van der Waals surface area contributed by atoms with E-state index in [2.05, 4.69) is 27.1 Å². The molecule has 0 amide bonds. The van der Waals surface area contributed by atoms with Gasteiger partial charge >= 0.3 is 5.97 Å². The van der Waals surface area contributed by atoms with Crippen LogP contribution in [0.15, 0.2) is 27.8 Å². The molecule has 0 bridgehead atoms. The van der Waals surface area contributed by atoms with Crippen LogP contribution in [0.1, 0.15) is 25.3 Å². The van der Waals surface area contributed by atoms with Crippen LogP contribution in [-0.4, -0.2) is 66.2 Å². The number of aromatic nitrogens is 1. The Morgan fingerprint density at radius 2 is 2.33 bits per heavy atom. The molecule has 0 aliphatic carbocycles. The van der Waals surface area contributed by atoms with Crippen LogP contribution in [0.25, 0.3) is 0 Å². The molecule has 2 rings (SSSR count). The third kappa shape index (κ3) is 4.86. The maximum atomic E-state index is 12.2. The molecule has 0 saturated carbocycles. The van der Waals surface area contributed by atoms with E-state index in [-0.39, 0.29) is 19.1 Å². The number of rotatable bonds is 9. The Morgan fingerprint density at radius 3 is 2.96 bits per heavy atom. The van der Waals surface area contributed by atoms with Crippen LogP contribution in [-0.2, 0) is 9.53 Å². The molecule has 24 heavy (non-hydrogen) atoms. The Morgan fingerprint density at radius 1 is 1.50 bits per heavy atom. The Labute approximate surface area is 146 Å². The highest BCUT2D eigenvalue weighted by Gasteiger charge is 2.24. The Bertz CT molecular complexity index is 598. The van der Waals surface area contributed by atoms with Crippen molar-refractivity contribution in [2.45, 2.75) is 20.3 Å². The van der Waals surface area contributed by atoms with Crippen LogP contribution in [0.3, 0.4) is 0 Å². The van der Waals surface area contributed by atoms with Crippen molar-refractivity contribution in [1.82, 2.24) is 15.2 Å². The van der Waals surface area contributed by atoms with Crippen LogP contribution in [0, 0.1) is 0 Å². The SMILES string of the molecule is CCOC(=O)C1=C(CN(CC)CCCO)NC(c2nccs2)=NC1. The first-order chi connectivity index (χ1) is 11.7. The van der Waals surface area contributed by atoms with Gasteiger partial charge in [0.05, 0.1) is 18.7 Å². The summed E-state index contributed by atoms with van der Waals surface area (Å²) in [4.78, 5) is 23.1. The maximum Gasteiger partial charge on any atom is 0.337 e. The minimum Gasteiger partial charge on any atom is -0.463 e. The summed E-state index contributed by atoms with van der Waals surface area (Å²) in [5.41, 5.74) is 1.35. The number of likely N-dealkylation sites (N-methyl/N-ethyl adjacent to an activating group) is 1. The number of aliphatic imine (C=N–C) groups is 1. The van der Waals surface area contributed by atoms with Crippen LogP contribution in [0.2, 0.25) is 0 Å². The van der Waals surface area contributed by atoms with E-state index in [4.69, 9.17) is 9.84 Å². The van der Waals surface area contributed by atoms with Gasteiger partial charge in [-0.1, -0.05) is 6.92 Å². The van der Waals surface area contributed by atoms with Gasteiger partial charge in [-0.05, 0) is 19.9 Å². The molecule has 0 fully saturated rings. The molecule has 7 nitrogen and oxygen atoms in total. The van der Waals surface area contributed by atoms with Gasteiger partial charge in [-0.15, -0.1) is 11.3 Å². The predicted molar refractivity (Wildman–Crippen MR) is 94.1 cm³/mol. The van der Waals surface area contributed by atoms with Gasteiger partial charge in [0.1, 0.15) is 0 Å². The number of nitrogens with zero attached hydrogens (tertiary/aromatic N) is 3. The van der Waals surface area contributed by atoms with E-state index in [1.807, 2.05) is 5.38 Å². The second-order valence-electron chi connectivity index (χ2n) is 5.25. The lowest BCUT2D eigenvalue weighted by Gasteiger charge is -2.26. The molecule has 1 aliphatic rings. The minimum atomic E-state index is -0.333. The molecular weight excluding hydrogens is 328 g/mol. The minimum absolute atomic E-state index is 0.152. The van der Waals surface area contributed by atoms with Crippen LogP contribution < -0.4 is 5.32 Å². The van der Waals surface area contributed by atoms with Crippen molar-refractivity contribution >= 4 is 23.1 Å². The van der Waals surface area contributed by atoms with Gasteiger partial charge in [0, 0.05) is 37.0 Å². The molecule has 132 valence electrons. The van der Waals surface area contributed by atoms with Gasteiger partial charge in [0.25, 0.3) is 0 Å². The lowest BCUT2D eigenvalue weighted by atomic mass is 10.1. The average molecular weight is 352 g/mol. The summed E-state index contributed by atoms with van der Waals surface area (Å²) < 4.78 is 5.16. The zero-order valence-electron chi connectivity index (χ0n) is 14.1. The average Bonchev–Trinajstić information content (AvgIpc) is 3.13. The molecule has 2 N–H and O–H groups in total. The molecule has 1 aliphatic heterocycles. The lowest BCUT2D eigenvalue weighted by molar-refractivity contribution is -0.138. The van der Waals surface area contributed by atoms with Crippen LogP contribution in [0.4, 0.5) is 0 Å². The van der Waals surface area contributed by atoms with E-state index in [1.54, 1.807) is 13.1 Å². The monoisotopic (exact) mass is 352 g/mol. The lowest BCUT2D eigenvalue weighted by Crippen LogP contribution is -2.39. The summed E-state index contributed by atoms with van der Waals surface area (Å²) in [5.74, 6) is 0.353. The first kappa shape index (κ1) is 18.6. The second kappa shape index (κ2) is 9.51. The quantitative estimate of drug-likeness (QED) is 0.645. The van der Waals surface area contributed by atoms with E-state index in [9.17, 15) is 4.79 Å². The van der Waals surface area contributed by atoms with E-state index in [0.29, 0.717) is 31.0 Å². The highest BCUT2D eigenvalue weighted by atomic mass is 32.1. The molecular formula is C16H24N4O3S. The van der Waals surface area contributed by atoms with Crippen molar-refractivity contribution in [3.05, 3.63) is 27.9 Å². The smallest absolute Gasteiger partial charge is 0.337 e. The molecule has 0 atom stereocenters. The first-order valence-corrected chi connectivity index (χ1v) is 9.01. The Balaban J connectivity index is 2.18. The molecule has 0 saturated heterocycles. The van der Waals surface area contributed by atoms with E-state index in [0.717, 1.165) is 23.8 Å². The Hall–Kier alpha value is -1.77. The van der Waals surface area contributed by atoms with Gasteiger partial charge in [-0.25, -0.2) is 9.78 Å². The Kier molecular flexibility index (Phi) is 7.36. The fourth-order valence-electron chi connectivity index (χ4n) is 2.38. The molecule has 0 spiro atoms. The molecule has 0 aromatic carbocycles. The summed E-state index contributed by atoms with van der Waals surface area (Å²) in [7, 11) is 0. The van der Waals surface area contributed by atoms with Crippen molar-refractivity contribution in [2.75, 3.05) is 39.4 Å². The molecule has 0 radical (unpaired) electrons. The predicted octanol–water partition coefficient (Wildman–Crippen LogP) is 1.01. The van der Waals surface area contributed by atoms with Gasteiger partial charge < -0.3 is 15.2 Å². The third-order valence-electron chi connectivity index (χ3n) is 3.65. The van der Waals surface area contributed by atoms with Crippen molar-refractivity contribution in [3.8, 4) is 0 Å². The zero-order valence-corrected chi connectivity index (χ0v) is 14.9. The fraction of sp³-hybridized carbons (Fsp3) is 0.562. The molecule has 2 heterocycles. The summed E-state index contributed by atoms with van der Waals surface area (Å²) >= 11 is 1.50. The molecule has 0 unspecified atom stereocenters. The third-order valence-corrected chi connectivity index (χ3v) is 4.43. The van der Waals surface area contributed by atoms with Crippen molar-refractivity contribution in [3.63, 3.8) is 0 Å². The highest BCUT2D eigenvalue weighted by Crippen LogP contribution is 2.16. The van der Waals surface area contributed by atoms with E-state index >= 15 is 0 Å².